The quantitative estimate of drug-likeness (QED) is 0.183. The lowest BCUT2D eigenvalue weighted by molar-refractivity contribution is -0.145. The molecule has 0 aromatic carbocycles. The van der Waals surface area contributed by atoms with Crippen LogP contribution in [-0.2, 0) is 24.0 Å². The summed E-state index contributed by atoms with van der Waals surface area (Å²) in [4.78, 5) is 59.0. The van der Waals surface area contributed by atoms with Crippen molar-refractivity contribution in [3.63, 3.8) is 0 Å². The van der Waals surface area contributed by atoms with Crippen molar-refractivity contribution >= 4 is 29.7 Å². The molecule has 0 aromatic rings. The van der Waals surface area contributed by atoms with Gasteiger partial charge in [0, 0.05) is 0 Å². The summed E-state index contributed by atoms with van der Waals surface area (Å²) in [6, 6.07) is -5.39. The van der Waals surface area contributed by atoms with Crippen molar-refractivity contribution in [2.45, 2.75) is 70.8 Å². The van der Waals surface area contributed by atoms with Gasteiger partial charge in [0.2, 0.25) is 17.7 Å². The highest BCUT2D eigenvalue weighted by Crippen LogP contribution is 2.09. The van der Waals surface area contributed by atoms with Crippen LogP contribution in [0.15, 0.2) is 0 Å². The molecule has 12 nitrogen and oxygen atoms in total. The summed E-state index contributed by atoms with van der Waals surface area (Å²) < 4.78 is 0. The summed E-state index contributed by atoms with van der Waals surface area (Å²) >= 11 is 0. The van der Waals surface area contributed by atoms with Crippen LogP contribution < -0.4 is 21.7 Å². The Morgan fingerprint density at radius 3 is 1.76 bits per heavy atom. The van der Waals surface area contributed by atoms with Crippen LogP contribution in [0.25, 0.3) is 0 Å². The van der Waals surface area contributed by atoms with Crippen molar-refractivity contribution in [2.75, 3.05) is 0 Å². The van der Waals surface area contributed by atoms with Crippen LogP contribution in [0, 0.1) is 5.92 Å². The van der Waals surface area contributed by atoms with Crippen LogP contribution >= 0.6 is 0 Å². The molecule has 0 fully saturated rings. The third kappa shape index (κ3) is 8.87. The van der Waals surface area contributed by atoms with Crippen molar-refractivity contribution in [3.8, 4) is 0 Å². The molecule has 3 amide bonds. The maximum absolute atomic E-state index is 12.5. The molecule has 0 rings (SSSR count). The van der Waals surface area contributed by atoms with Crippen LogP contribution in [0.4, 0.5) is 0 Å². The first-order chi connectivity index (χ1) is 13.3. The summed E-state index contributed by atoms with van der Waals surface area (Å²) in [5.41, 5.74) is 5.39. The fourth-order valence-corrected chi connectivity index (χ4v) is 2.27. The molecule has 0 spiro atoms. The predicted octanol–water partition coefficient (Wildman–Crippen LogP) is -2.23. The van der Waals surface area contributed by atoms with Gasteiger partial charge in [-0.25, -0.2) is 4.79 Å². The van der Waals surface area contributed by atoms with Gasteiger partial charge in [0.05, 0.1) is 18.6 Å². The monoisotopic (exact) mass is 418 g/mol. The van der Waals surface area contributed by atoms with E-state index in [1.165, 1.54) is 13.8 Å². The number of rotatable bonds is 12. The molecule has 0 heterocycles. The van der Waals surface area contributed by atoms with Gasteiger partial charge < -0.3 is 37.0 Å². The minimum atomic E-state index is -1.57. The van der Waals surface area contributed by atoms with Crippen LogP contribution in [0.1, 0.15) is 40.5 Å². The van der Waals surface area contributed by atoms with E-state index in [0.717, 1.165) is 0 Å². The average molecular weight is 418 g/mol. The van der Waals surface area contributed by atoms with Gasteiger partial charge in [0.1, 0.15) is 18.1 Å². The van der Waals surface area contributed by atoms with Gasteiger partial charge in [-0.3, -0.25) is 19.2 Å². The lowest BCUT2D eigenvalue weighted by Crippen LogP contribution is -2.60. The summed E-state index contributed by atoms with van der Waals surface area (Å²) in [6.45, 7) is 5.87. The lowest BCUT2D eigenvalue weighted by atomic mass is 9.98. The van der Waals surface area contributed by atoms with E-state index in [9.17, 15) is 34.2 Å². The van der Waals surface area contributed by atoms with Crippen molar-refractivity contribution in [3.05, 3.63) is 0 Å². The number of carbonyl (C=O) groups is 5. The van der Waals surface area contributed by atoms with Crippen LogP contribution in [0.2, 0.25) is 0 Å². The highest BCUT2D eigenvalue weighted by molar-refractivity contribution is 5.95. The number of carboxylic acid groups (broad SMARTS) is 2. The van der Waals surface area contributed by atoms with Gasteiger partial charge in [0.15, 0.2) is 0 Å². The molecule has 6 atom stereocenters. The number of aliphatic hydroxyl groups is 1. The van der Waals surface area contributed by atoms with Crippen LogP contribution in [-0.4, -0.2) is 75.3 Å². The standard InChI is InChI=1S/C17H30N4O8/c1-5-7(2)12(17(28)29)20-16(27)13(9(4)22)21-15(26)10(6-11(23)24)19-14(25)8(3)18/h7-10,12-13,22H,5-6,18H2,1-4H3,(H,19,25)(H,20,27)(H,21,26)(H,23,24)(H,28,29). The minimum Gasteiger partial charge on any atom is -0.481 e. The molecule has 0 saturated carbocycles. The van der Waals surface area contributed by atoms with Crippen molar-refractivity contribution < 1.29 is 39.3 Å². The molecule has 0 radical (unpaired) electrons. The highest BCUT2D eigenvalue weighted by atomic mass is 16.4. The van der Waals surface area contributed by atoms with E-state index >= 15 is 0 Å². The molecule has 166 valence electrons. The Kier molecular flexibility index (Phi) is 10.8. The largest absolute Gasteiger partial charge is 0.481 e. The molecular formula is C17H30N4O8. The Labute approximate surface area is 168 Å². The van der Waals surface area contributed by atoms with Gasteiger partial charge in [-0.05, 0) is 19.8 Å². The molecule has 0 saturated heterocycles. The third-order valence-corrected chi connectivity index (χ3v) is 4.26. The first kappa shape index (κ1) is 26.3. The summed E-state index contributed by atoms with van der Waals surface area (Å²) in [6.07, 6.45) is -1.77. The molecule has 0 aliphatic carbocycles. The number of carboxylic acids is 2. The molecule has 12 heteroatoms. The Hall–Kier alpha value is -2.73. The van der Waals surface area contributed by atoms with E-state index in [2.05, 4.69) is 16.0 Å². The third-order valence-electron chi connectivity index (χ3n) is 4.26. The molecule has 8 N–H and O–H groups in total. The van der Waals surface area contributed by atoms with Gasteiger partial charge in [-0.2, -0.15) is 0 Å². The SMILES string of the molecule is CCC(C)C(NC(=O)C(NC(=O)C(CC(=O)O)NC(=O)C(C)N)C(C)O)C(=O)O. The van der Waals surface area contributed by atoms with Gasteiger partial charge in [0.25, 0.3) is 0 Å². The second-order valence-electron chi connectivity index (χ2n) is 6.88. The van der Waals surface area contributed by atoms with Crippen molar-refractivity contribution in [1.82, 2.24) is 16.0 Å². The minimum absolute atomic E-state index is 0.424. The zero-order valence-corrected chi connectivity index (χ0v) is 16.8. The molecule has 0 aliphatic rings. The number of aliphatic hydroxyl groups excluding tert-OH is 1. The van der Waals surface area contributed by atoms with E-state index < -0.39 is 72.3 Å². The number of hydrogen-bond acceptors (Lipinski definition) is 7. The van der Waals surface area contributed by atoms with E-state index in [-0.39, 0.29) is 0 Å². The zero-order valence-electron chi connectivity index (χ0n) is 16.8. The van der Waals surface area contributed by atoms with E-state index in [0.29, 0.717) is 6.42 Å². The Morgan fingerprint density at radius 2 is 1.38 bits per heavy atom. The summed E-state index contributed by atoms with van der Waals surface area (Å²) in [5.74, 6) is -5.89. The van der Waals surface area contributed by atoms with E-state index in [4.69, 9.17) is 10.8 Å². The summed E-state index contributed by atoms with van der Waals surface area (Å²) in [7, 11) is 0. The average Bonchev–Trinajstić information content (AvgIpc) is 2.61. The van der Waals surface area contributed by atoms with Crippen molar-refractivity contribution in [2.24, 2.45) is 11.7 Å². The maximum Gasteiger partial charge on any atom is 0.326 e. The topological polar surface area (TPSA) is 208 Å². The predicted molar refractivity (Wildman–Crippen MR) is 100 cm³/mol. The van der Waals surface area contributed by atoms with Crippen LogP contribution in [0.5, 0.6) is 0 Å². The number of nitrogens with one attached hydrogen (secondary N) is 3. The zero-order chi connectivity index (χ0) is 22.9. The molecule has 0 aliphatic heterocycles. The van der Waals surface area contributed by atoms with Gasteiger partial charge in [-0.15, -0.1) is 0 Å². The first-order valence-corrected chi connectivity index (χ1v) is 9.11. The molecule has 0 bridgehead atoms. The number of carbonyl (C=O) groups excluding carboxylic acids is 3. The molecule has 0 aromatic heterocycles. The normalized spacial score (nSPS) is 17.0. The number of hydrogen-bond donors (Lipinski definition) is 7. The fourth-order valence-electron chi connectivity index (χ4n) is 2.27. The molecule has 29 heavy (non-hydrogen) atoms. The van der Waals surface area contributed by atoms with Crippen molar-refractivity contribution in [1.29, 1.82) is 0 Å². The van der Waals surface area contributed by atoms with Crippen LogP contribution in [0.3, 0.4) is 0 Å². The van der Waals surface area contributed by atoms with E-state index in [1.807, 2.05) is 0 Å². The number of amides is 3. The second-order valence-corrected chi connectivity index (χ2v) is 6.88. The van der Waals surface area contributed by atoms with Gasteiger partial charge >= 0.3 is 11.9 Å². The fraction of sp³-hybridized carbons (Fsp3) is 0.706. The van der Waals surface area contributed by atoms with E-state index in [1.54, 1.807) is 13.8 Å². The Morgan fingerprint density at radius 1 is 0.862 bits per heavy atom. The number of aliphatic carboxylic acids is 2. The Balaban J connectivity index is 5.42. The lowest BCUT2D eigenvalue weighted by Gasteiger charge is -2.27. The second kappa shape index (κ2) is 12.0. The molecule has 6 unspecified atom stereocenters. The maximum atomic E-state index is 12.5. The summed E-state index contributed by atoms with van der Waals surface area (Å²) in [5, 5.41) is 34.7. The Bertz CT molecular complexity index is 623. The first-order valence-electron chi connectivity index (χ1n) is 9.11. The smallest absolute Gasteiger partial charge is 0.326 e. The molecular weight excluding hydrogens is 388 g/mol. The van der Waals surface area contributed by atoms with Gasteiger partial charge in [-0.1, -0.05) is 20.3 Å². The highest BCUT2D eigenvalue weighted by Gasteiger charge is 2.34. The number of nitrogens with two attached hydrogens (primary N) is 1.